The van der Waals surface area contributed by atoms with Gasteiger partial charge in [-0.05, 0) is 43.2 Å². The fourth-order valence-corrected chi connectivity index (χ4v) is 1.77. The highest BCUT2D eigenvalue weighted by Gasteiger charge is 2.07. The van der Waals surface area contributed by atoms with E-state index in [9.17, 15) is 4.79 Å². The molecule has 0 unspecified atom stereocenters. The molecule has 0 aliphatic carbocycles. The van der Waals surface area contributed by atoms with Crippen molar-refractivity contribution in [3.63, 3.8) is 0 Å². The van der Waals surface area contributed by atoms with Crippen LogP contribution in [0.4, 0.5) is 0 Å². The molecule has 1 heterocycles. The number of carbonyl (C=O) groups is 1. The van der Waals surface area contributed by atoms with Crippen molar-refractivity contribution in [2.24, 2.45) is 5.84 Å². The van der Waals surface area contributed by atoms with Gasteiger partial charge in [0, 0.05) is 0 Å². The normalized spacial score (nSPS) is 10.2. The van der Waals surface area contributed by atoms with Gasteiger partial charge in [-0.1, -0.05) is 18.2 Å². The fourth-order valence-electron chi connectivity index (χ4n) is 1.77. The summed E-state index contributed by atoms with van der Waals surface area (Å²) < 4.78 is 5.75. The fraction of sp³-hybridized carbons (Fsp3) is 0.200. The minimum Gasteiger partial charge on any atom is -0.487 e. The number of aromatic nitrogens is 1. The number of carbonyl (C=O) groups excluding carboxylic acids is 1. The molecular weight excluding hydrogens is 254 g/mol. The van der Waals surface area contributed by atoms with Crippen molar-refractivity contribution in [3.05, 3.63) is 58.9 Å². The molecule has 0 aliphatic rings. The number of hydrazine groups is 1. The van der Waals surface area contributed by atoms with Crippen molar-refractivity contribution in [1.29, 1.82) is 0 Å². The van der Waals surface area contributed by atoms with Gasteiger partial charge >= 0.3 is 0 Å². The number of amides is 1. The third-order valence-corrected chi connectivity index (χ3v) is 2.89. The SMILES string of the molecule is Cc1ccc(C)c(OCc2cccc(C(=O)NN)n2)c1. The first-order valence-corrected chi connectivity index (χ1v) is 6.27. The first-order valence-electron chi connectivity index (χ1n) is 6.27. The van der Waals surface area contributed by atoms with Gasteiger partial charge in [0.05, 0.1) is 5.69 Å². The van der Waals surface area contributed by atoms with E-state index >= 15 is 0 Å². The molecule has 2 aromatic rings. The summed E-state index contributed by atoms with van der Waals surface area (Å²) in [5.41, 5.74) is 5.20. The Morgan fingerprint density at radius 3 is 2.85 bits per heavy atom. The number of nitrogens with zero attached hydrogens (tertiary/aromatic N) is 1. The second-order valence-corrected chi connectivity index (χ2v) is 4.55. The Kier molecular flexibility index (Phi) is 4.32. The zero-order chi connectivity index (χ0) is 14.5. The van der Waals surface area contributed by atoms with Gasteiger partial charge in [0.15, 0.2) is 0 Å². The van der Waals surface area contributed by atoms with Gasteiger partial charge in [0.2, 0.25) is 0 Å². The molecule has 3 N–H and O–H groups in total. The van der Waals surface area contributed by atoms with E-state index in [0.29, 0.717) is 12.3 Å². The second kappa shape index (κ2) is 6.16. The highest BCUT2D eigenvalue weighted by molar-refractivity contribution is 5.91. The van der Waals surface area contributed by atoms with Crippen molar-refractivity contribution >= 4 is 5.91 Å². The summed E-state index contributed by atoms with van der Waals surface area (Å²) in [6.45, 7) is 4.30. The smallest absolute Gasteiger partial charge is 0.283 e. The number of hydrogen-bond acceptors (Lipinski definition) is 4. The van der Waals surface area contributed by atoms with Gasteiger partial charge in [-0.25, -0.2) is 10.8 Å². The summed E-state index contributed by atoms with van der Waals surface area (Å²) in [5.74, 6) is 5.49. The van der Waals surface area contributed by atoms with Crippen LogP contribution in [0.3, 0.4) is 0 Å². The number of nitrogen functional groups attached to an aromatic ring is 1. The molecule has 0 aliphatic heterocycles. The van der Waals surface area contributed by atoms with Crippen LogP contribution in [-0.4, -0.2) is 10.9 Å². The first kappa shape index (κ1) is 14.0. The molecule has 5 heteroatoms. The summed E-state index contributed by atoms with van der Waals surface area (Å²) in [6.07, 6.45) is 0. The van der Waals surface area contributed by atoms with Crippen LogP contribution in [0.1, 0.15) is 27.3 Å². The Bertz CT molecular complexity index is 626. The number of nitrogens with two attached hydrogens (primary N) is 1. The highest BCUT2D eigenvalue weighted by Crippen LogP contribution is 2.20. The predicted octanol–water partition coefficient (Wildman–Crippen LogP) is 1.88. The Morgan fingerprint density at radius 2 is 2.10 bits per heavy atom. The van der Waals surface area contributed by atoms with Crippen LogP contribution in [0, 0.1) is 13.8 Å². The summed E-state index contributed by atoms with van der Waals surface area (Å²) in [6, 6.07) is 11.2. The third-order valence-electron chi connectivity index (χ3n) is 2.89. The lowest BCUT2D eigenvalue weighted by Gasteiger charge is -2.10. The summed E-state index contributed by atoms with van der Waals surface area (Å²) in [4.78, 5) is 15.6. The summed E-state index contributed by atoms with van der Waals surface area (Å²) >= 11 is 0. The molecule has 0 radical (unpaired) electrons. The molecule has 0 saturated carbocycles. The van der Waals surface area contributed by atoms with Gasteiger partial charge in [0.1, 0.15) is 18.1 Å². The molecule has 5 nitrogen and oxygen atoms in total. The van der Waals surface area contributed by atoms with Crippen molar-refractivity contribution < 1.29 is 9.53 Å². The maximum absolute atomic E-state index is 11.4. The molecule has 1 aromatic carbocycles. The van der Waals surface area contributed by atoms with E-state index in [1.165, 1.54) is 0 Å². The van der Waals surface area contributed by atoms with E-state index in [2.05, 4.69) is 10.4 Å². The van der Waals surface area contributed by atoms with Gasteiger partial charge in [0.25, 0.3) is 5.91 Å². The van der Waals surface area contributed by atoms with Crippen molar-refractivity contribution in [2.45, 2.75) is 20.5 Å². The van der Waals surface area contributed by atoms with Crippen LogP contribution >= 0.6 is 0 Å². The zero-order valence-corrected chi connectivity index (χ0v) is 11.5. The minimum atomic E-state index is -0.418. The lowest BCUT2D eigenvalue weighted by Crippen LogP contribution is -2.30. The molecular formula is C15H17N3O2. The molecule has 0 fully saturated rings. The number of nitrogens with one attached hydrogen (secondary N) is 1. The Labute approximate surface area is 117 Å². The Hall–Kier alpha value is -2.40. The molecule has 0 spiro atoms. The van der Waals surface area contributed by atoms with E-state index in [1.807, 2.05) is 32.0 Å². The van der Waals surface area contributed by atoms with E-state index in [4.69, 9.17) is 10.6 Å². The Balaban J connectivity index is 2.11. The number of ether oxygens (including phenoxy) is 1. The number of benzene rings is 1. The van der Waals surface area contributed by atoms with Gasteiger partial charge in [-0.3, -0.25) is 10.2 Å². The number of aryl methyl sites for hydroxylation is 2. The topological polar surface area (TPSA) is 77.2 Å². The quantitative estimate of drug-likeness (QED) is 0.505. The maximum Gasteiger partial charge on any atom is 0.283 e. The monoisotopic (exact) mass is 271 g/mol. The molecule has 104 valence electrons. The maximum atomic E-state index is 11.4. The van der Waals surface area contributed by atoms with Crippen LogP contribution in [-0.2, 0) is 6.61 Å². The predicted molar refractivity (Wildman–Crippen MR) is 76.1 cm³/mol. The van der Waals surface area contributed by atoms with Crippen LogP contribution < -0.4 is 16.0 Å². The highest BCUT2D eigenvalue weighted by atomic mass is 16.5. The summed E-state index contributed by atoms with van der Waals surface area (Å²) in [7, 11) is 0. The number of pyridine rings is 1. The van der Waals surface area contributed by atoms with E-state index < -0.39 is 5.91 Å². The van der Waals surface area contributed by atoms with E-state index in [1.54, 1.807) is 18.2 Å². The third kappa shape index (κ3) is 3.33. The lowest BCUT2D eigenvalue weighted by atomic mass is 10.1. The average molecular weight is 271 g/mol. The zero-order valence-electron chi connectivity index (χ0n) is 11.5. The standard InChI is InChI=1S/C15H17N3O2/c1-10-6-7-11(2)14(8-10)20-9-12-4-3-5-13(17-12)15(19)18-16/h3-8H,9,16H2,1-2H3,(H,18,19). The minimum absolute atomic E-state index is 0.273. The summed E-state index contributed by atoms with van der Waals surface area (Å²) in [5, 5.41) is 0. The molecule has 2 rings (SSSR count). The van der Waals surface area contributed by atoms with Crippen molar-refractivity contribution in [1.82, 2.24) is 10.4 Å². The van der Waals surface area contributed by atoms with Gasteiger partial charge < -0.3 is 4.74 Å². The van der Waals surface area contributed by atoms with Crippen LogP contribution in [0.15, 0.2) is 36.4 Å². The van der Waals surface area contributed by atoms with Crippen molar-refractivity contribution in [2.75, 3.05) is 0 Å². The number of rotatable bonds is 4. The van der Waals surface area contributed by atoms with Crippen molar-refractivity contribution in [3.8, 4) is 5.75 Å². The molecule has 0 bridgehead atoms. The lowest BCUT2D eigenvalue weighted by molar-refractivity contribution is 0.0948. The molecule has 0 atom stereocenters. The van der Waals surface area contributed by atoms with Gasteiger partial charge in [-0.15, -0.1) is 0 Å². The molecule has 20 heavy (non-hydrogen) atoms. The molecule has 1 aromatic heterocycles. The molecule has 0 saturated heterocycles. The van der Waals surface area contributed by atoms with Crippen LogP contribution in [0.5, 0.6) is 5.75 Å². The Morgan fingerprint density at radius 1 is 1.30 bits per heavy atom. The van der Waals surface area contributed by atoms with Crippen LogP contribution in [0.25, 0.3) is 0 Å². The van der Waals surface area contributed by atoms with E-state index in [0.717, 1.165) is 16.9 Å². The average Bonchev–Trinajstić information content (AvgIpc) is 2.47. The number of hydrogen-bond donors (Lipinski definition) is 2. The first-order chi connectivity index (χ1) is 9.60. The second-order valence-electron chi connectivity index (χ2n) is 4.55. The van der Waals surface area contributed by atoms with Gasteiger partial charge in [-0.2, -0.15) is 0 Å². The van der Waals surface area contributed by atoms with E-state index in [-0.39, 0.29) is 5.69 Å². The largest absolute Gasteiger partial charge is 0.487 e. The molecule has 1 amide bonds. The van der Waals surface area contributed by atoms with Crippen LogP contribution in [0.2, 0.25) is 0 Å².